The van der Waals surface area contributed by atoms with Crippen molar-refractivity contribution < 1.29 is 0 Å². The Bertz CT molecular complexity index is 327. The highest BCUT2D eigenvalue weighted by atomic mass is 32.2. The highest BCUT2D eigenvalue weighted by Gasteiger charge is 2.28. The van der Waals surface area contributed by atoms with Gasteiger partial charge in [0.15, 0.2) is 5.96 Å². The number of rotatable bonds is 8. The van der Waals surface area contributed by atoms with Crippen molar-refractivity contribution >= 4 is 17.7 Å². The van der Waals surface area contributed by atoms with E-state index in [1.807, 2.05) is 0 Å². The van der Waals surface area contributed by atoms with Crippen LogP contribution in [0.5, 0.6) is 0 Å². The summed E-state index contributed by atoms with van der Waals surface area (Å²) in [5, 5.41) is 3.47. The predicted octanol–water partition coefficient (Wildman–Crippen LogP) is 2.90. The van der Waals surface area contributed by atoms with E-state index in [1.165, 1.54) is 25.1 Å². The largest absolute Gasteiger partial charge is 0.357 e. The Morgan fingerprint density at radius 2 is 1.95 bits per heavy atom. The van der Waals surface area contributed by atoms with Crippen LogP contribution < -0.4 is 5.32 Å². The summed E-state index contributed by atoms with van der Waals surface area (Å²) < 4.78 is 0.331. The third-order valence-electron chi connectivity index (χ3n) is 4.10. The molecule has 4 nitrogen and oxygen atoms in total. The van der Waals surface area contributed by atoms with Crippen molar-refractivity contribution in [2.75, 3.05) is 51.6 Å². The van der Waals surface area contributed by atoms with Gasteiger partial charge in [0.2, 0.25) is 0 Å². The standard InChI is InChI=1S/C17H36N4S/c1-6-18-16(21-13-14-22-17(4,5)15-21)19-11-9-10-12-20(7-2)8-3/h6-15H2,1-5H3,(H,18,19). The van der Waals surface area contributed by atoms with Crippen LogP contribution in [0.15, 0.2) is 4.99 Å². The summed E-state index contributed by atoms with van der Waals surface area (Å²) in [6, 6.07) is 0. The van der Waals surface area contributed by atoms with Gasteiger partial charge in [-0.25, -0.2) is 0 Å². The first-order chi connectivity index (χ1) is 10.5. The maximum Gasteiger partial charge on any atom is 0.193 e. The van der Waals surface area contributed by atoms with Crippen molar-refractivity contribution in [2.24, 2.45) is 4.99 Å². The Kier molecular flexibility index (Phi) is 9.25. The number of guanidine groups is 1. The molecule has 1 aliphatic rings. The molecule has 0 aromatic heterocycles. The monoisotopic (exact) mass is 328 g/mol. The fraction of sp³-hybridized carbons (Fsp3) is 0.941. The molecule has 0 spiro atoms. The lowest BCUT2D eigenvalue weighted by molar-refractivity contribution is 0.297. The van der Waals surface area contributed by atoms with Crippen LogP contribution in [-0.4, -0.2) is 72.1 Å². The zero-order chi connectivity index (χ0) is 16.4. The van der Waals surface area contributed by atoms with Gasteiger partial charge in [0.05, 0.1) is 0 Å². The third kappa shape index (κ3) is 7.23. The van der Waals surface area contributed by atoms with Crippen LogP contribution in [0.2, 0.25) is 0 Å². The van der Waals surface area contributed by atoms with E-state index in [-0.39, 0.29) is 0 Å². The van der Waals surface area contributed by atoms with Crippen LogP contribution in [0.3, 0.4) is 0 Å². The Morgan fingerprint density at radius 1 is 1.23 bits per heavy atom. The SMILES string of the molecule is CCNC(=NCCCCN(CC)CC)N1CCSC(C)(C)C1. The average Bonchev–Trinajstić information content (AvgIpc) is 2.48. The molecule has 0 bridgehead atoms. The van der Waals surface area contributed by atoms with Gasteiger partial charge in [-0.15, -0.1) is 0 Å². The minimum absolute atomic E-state index is 0.331. The zero-order valence-electron chi connectivity index (χ0n) is 15.3. The molecule has 1 fully saturated rings. The maximum atomic E-state index is 4.85. The van der Waals surface area contributed by atoms with Crippen LogP contribution in [0.4, 0.5) is 0 Å². The normalized spacial score (nSPS) is 18.8. The number of nitrogens with one attached hydrogen (secondary N) is 1. The molecular formula is C17H36N4S. The molecule has 1 aliphatic heterocycles. The van der Waals surface area contributed by atoms with Crippen molar-refractivity contribution in [3.8, 4) is 0 Å². The van der Waals surface area contributed by atoms with E-state index in [0.717, 1.165) is 45.2 Å². The minimum Gasteiger partial charge on any atom is -0.357 e. The quantitative estimate of drug-likeness (QED) is 0.422. The van der Waals surface area contributed by atoms with Crippen LogP contribution in [0, 0.1) is 0 Å². The van der Waals surface area contributed by atoms with Crippen molar-refractivity contribution in [3.63, 3.8) is 0 Å². The van der Waals surface area contributed by atoms with Crippen molar-refractivity contribution in [1.82, 2.24) is 15.1 Å². The van der Waals surface area contributed by atoms with E-state index in [0.29, 0.717) is 4.75 Å². The fourth-order valence-corrected chi connectivity index (χ4v) is 3.91. The number of unbranched alkanes of at least 4 members (excludes halogenated alkanes) is 1. The van der Waals surface area contributed by atoms with Crippen LogP contribution in [0.25, 0.3) is 0 Å². The minimum atomic E-state index is 0.331. The van der Waals surface area contributed by atoms with E-state index >= 15 is 0 Å². The number of hydrogen-bond donors (Lipinski definition) is 1. The summed E-state index contributed by atoms with van der Waals surface area (Å²) in [5.41, 5.74) is 0. The second-order valence-electron chi connectivity index (χ2n) is 6.50. The van der Waals surface area contributed by atoms with Crippen molar-refractivity contribution in [3.05, 3.63) is 0 Å². The first-order valence-corrected chi connectivity index (χ1v) is 9.90. The molecule has 1 heterocycles. The molecule has 0 saturated carbocycles. The summed E-state index contributed by atoms with van der Waals surface area (Å²) in [6.45, 7) is 18.9. The first-order valence-electron chi connectivity index (χ1n) is 8.92. The number of thioether (sulfide) groups is 1. The molecule has 0 atom stereocenters. The lowest BCUT2D eigenvalue weighted by Gasteiger charge is -2.39. The Labute approximate surface area is 142 Å². The van der Waals surface area contributed by atoms with Gasteiger partial charge < -0.3 is 15.1 Å². The van der Waals surface area contributed by atoms with Crippen LogP contribution in [-0.2, 0) is 0 Å². The van der Waals surface area contributed by atoms with Crippen molar-refractivity contribution in [1.29, 1.82) is 0 Å². The molecule has 0 unspecified atom stereocenters. The molecule has 130 valence electrons. The van der Waals surface area contributed by atoms with E-state index in [1.54, 1.807) is 0 Å². The maximum absolute atomic E-state index is 4.85. The predicted molar refractivity (Wildman–Crippen MR) is 101 cm³/mol. The van der Waals surface area contributed by atoms with Gasteiger partial charge in [-0.05, 0) is 53.2 Å². The molecule has 5 heteroatoms. The highest BCUT2D eigenvalue weighted by Crippen LogP contribution is 2.29. The van der Waals surface area contributed by atoms with E-state index < -0.39 is 0 Å². The summed E-state index contributed by atoms with van der Waals surface area (Å²) in [4.78, 5) is 9.78. The first kappa shape index (κ1) is 19.6. The second-order valence-corrected chi connectivity index (χ2v) is 8.30. The number of aliphatic imine (C=N–C) groups is 1. The Hall–Kier alpha value is -0.420. The average molecular weight is 329 g/mol. The van der Waals surface area contributed by atoms with Gasteiger partial charge in [-0.3, -0.25) is 4.99 Å². The second kappa shape index (κ2) is 10.4. The topological polar surface area (TPSA) is 30.9 Å². The number of hydrogen-bond acceptors (Lipinski definition) is 3. The third-order valence-corrected chi connectivity index (χ3v) is 5.40. The molecule has 0 radical (unpaired) electrons. The van der Waals surface area contributed by atoms with Gasteiger partial charge in [-0.2, -0.15) is 11.8 Å². The zero-order valence-corrected chi connectivity index (χ0v) is 16.1. The lowest BCUT2D eigenvalue weighted by Crippen LogP contribution is -2.51. The molecule has 0 aliphatic carbocycles. The van der Waals surface area contributed by atoms with Crippen LogP contribution >= 0.6 is 11.8 Å². The smallest absolute Gasteiger partial charge is 0.193 e. The summed E-state index contributed by atoms with van der Waals surface area (Å²) >= 11 is 2.07. The van der Waals surface area contributed by atoms with E-state index in [9.17, 15) is 0 Å². The van der Waals surface area contributed by atoms with Gasteiger partial charge in [0.1, 0.15) is 0 Å². The van der Waals surface area contributed by atoms with Crippen LogP contribution in [0.1, 0.15) is 47.5 Å². The van der Waals surface area contributed by atoms with Crippen molar-refractivity contribution in [2.45, 2.75) is 52.2 Å². The summed E-state index contributed by atoms with van der Waals surface area (Å²) in [5.74, 6) is 2.30. The molecule has 0 aromatic rings. The molecule has 1 saturated heterocycles. The number of nitrogens with zero attached hydrogens (tertiary/aromatic N) is 3. The van der Waals surface area contributed by atoms with E-state index in [2.05, 4.69) is 61.5 Å². The molecule has 22 heavy (non-hydrogen) atoms. The van der Waals surface area contributed by atoms with Gasteiger partial charge >= 0.3 is 0 Å². The fourth-order valence-electron chi connectivity index (χ4n) is 2.80. The Morgan fingerprint density at radius 3 is 2.55 bits per heavy atom. The molecular weight excluding hydrogens is 292 g/mol. The van der Waals surface area contributed by atoms with E-state index in [4.69, 9.17) is 4.99 Å². The molecule has 0 amide bonds. The molecule has 1 N–H and O–H groups in total. The van der Waals surface area contributed by atoms with Gasteiger partial charge in [0.25, 0.3) is 0 Å². The summed E-state index contributed by atoms with van der Waals surface area (Å²) in [7, 11) is 0. The van der Waals surface area contributed by atoms with Gasteiger partial charge in [-0.1, -0.05) is 13.8 Å². The highest BCUT2D eigenvalue weighted by molar-refractivity contribution is 8.00. The lowest BCUT2D eigenvalue weighted by atomic mass is 10.2. The molecule has 0 aromatic carbocycles. The summed E-state index contributed by atoms with van der Waals surface area (Å²) in [6.07, 6.45) is 2.42. The molecule has 1 rings (SSSR count). The van der Waals surface area contributed by atoms with Gasteiger partial charge in [0, 0.05) is 36.7 Å². The Balaban J connectivity index is 2.41.